The summed E-state index contributed by atoms with van der Waals surface area (Å²) >= 11 is 0. The Labute approximate surface area is 123 Å². The third-order valence-electron chi connectivity index (χ3n) is 3.78. The number of rotatable bonds is 5. The molecule has 6 heteroatoms. The van der Waals surface area contributed by atoms with Crippen LogP contribution in [0.2, 0.25) is 0 Å². The molecule has 20 heavy (non-hydrogen) atoms. The largest absolute Gasteiger partial charge is 0.464 e. The molecule has 1 aliphatic rings. The van der Waals surface area contributed by atoms with Gasteiger partial charge < -0.3 is 19.5 Å². The normalized spacial score (nSPS) is 36.5. The van der Waals surface area contributed by atoms with Gasteiger partial charge >= 0.3 is 5.97 Å². The highest BCUT2D eigenvalue weighted by Gasteiger charge is 2.45. The standard InChI is InChI=1S/C14H25NO5/c1-6-19-14(17)13-12(15-10(4)16)9(3)8(2)11(20-13)7-18-5/h8-9,11-13H,6-7H2,1-5H3,(H,15,16)/t8-,9-,11?,12+,13+/m0/s1/i5TD/t5?,8-,9-,11?,12+,13+. The second-order valence-electron chi connectivity index (χ2n) is 5.13. The van der Waals surface area contributed by atoms with E-state index in [-0.39, 0.29) is 31.0 Å². The molecule has 0 aromatic heterocycles. The van der Waals surface area contributed by atoms with Crippen molar-refractivity contribution in [1.29, 1.82) is 0 Å². The van der Waals surface area contributed by atoms with Crippen LogP contribution in [0.4, 0.5) is 0 Å². The van der Waals surface area contributed by atoms with Gasteiger partial charge in [-0.05, 0) is 18.8 Å². The van der Waals surface area contributed by atoms with Crippen molar-refractivity contribution in [2.24, 2.45) is 11.8 Å². The molecule has 1 fully saturated rings. The van der Waals surface area contributed by atoms with Crippen LogP contribution >= 0.6 is 0 Å². The molecule has 0 saturated carbocycles. The Morgan fingerprint density at radius 2 is 2.15 bits per heavy atom. The van der Waals surface area contributed by atoms with Gasteiger partial charge in [0.25, 0.3) is 0 Å². The fourth-order valence-electron chi connectivity index (χ4n) is 2.49. The first kappa shape index (κ1) is 13.8. The maximum Gasteiger partial charge on any atom is 0.337 e. The maximum atomic E-state index is 12.1. The fraction of sp³-hybridized carbons (Fsp3) is 0.857. The van der Waals surface area contributed by atoms with Gasteiger partial charge in [0.1, 0.15) is 0 Å². The lowest BCUT2D eigenvalue weighted by Gasteiger charge is -2.43. The number of amides is 1. The molecule has 0 aromatic rings. The summed E-state index contributed by atoms with van der Waals surface area (Å²) in [7, 11) is -1.40. The van der Waals surface area contributed by atoms with Crippen LogP contribution in [0.5, 0.6) is 0 Å². The minimum atomic E-state index is -1.40. The van der Waals surface area contributed by atoms with Crippen molar-refractivity contribution in [2.45, 2.75) is 45.9 Å². The lowest BCUT2D eigenvalue weighted by molar-refractivity contribution is -0.184. The number of methoxy groups -OCH3 is 1. The summed E-state index contributed by atoms with van der Waals surface area (Å²) in [4.78, 5) is 23.5. The zero-order valence-electron chi connectivity index (χ0n) is 14.4. The first-order valence-electron chi connectivity index (χ1n) is 7.98. The minimum Gasteiger partial charge on any atom is -0.464 e. The quantitative estimate of drug-likeness (QED) is 0.756. The second-order valence-corrected chi connectivity index (χ2v) is 5.13. The summed E-state index contributed by atoms with van der Waals surface area (Å²) in [5.74, 6) is -0.829. The van der Waals surface area contributed by atoms with Gasteiger partial charge in [-0.2, -0.15) is 0 Å². The Balaban J connectivity index is 2.89. The van der Waals surface area contributed by atoms with Crippen molar-refractivity contribution in [1.82, 2.24) is 5.32 Å². The lowest BCUT2D eigenvalue weighted by Crippen LogP contribution is -2.60. The molecule has 116 valence electrons. The van der Waals surface area contributed by atoms with Gasteiger partial charge in [-0.1, -0.05) is 13.8 Å². The molecule has 1 heterocycles. The van der Waals surface area contributed by atoms with E-state index in [4.69, 9.17) is 17.0 Å². The molecule has 0 radical (unpaired) electrons. The average Bonchev–Trinajstić information content (AvgIpc) is 2.42. The van der Waals surface area contributed by atoms with Crippen LogP contribution in [0, 0.1) is 11.8 Å². The first-order valence-corrected chi connectivity index (χ1v) is 6.83. The van der Waals surface area contributed by atoms with E-state index in [1.165, 1.54) is 6.92 Å². The van der Waals surface area contributed by atoms with Gasteiger partial charge in [-0.3, -0.25) is 4.79 Å². The average molecular weight is 290 g/mol. The van der Waals surface area contributed by atoms with E-state index in [1.54, 1.807) is 6.92 Å². The van der Waals surface area contributed by atoms with E-state index in [2.05, 4.69) is 5.32 Å². The van der Waals surface area contributed by atoms with Gasteiger partial charge in [-0.25, -0.2) is 4.79 Å². The molecular weight excluding hydrogens is 262 g/mol. The predicted octanol–water partition coefficient (Wildman–Crippen LogP) is 0.740. The Morgan fingerprint density at radius 3 is 2.70 bits per heavy atom. The summed E-state index contributed by atoms with van der Waals surface area (Å²) in [6.45, 7) is 7.21. The Bertz CT molecular complexity index is 393. The van der Waals surface area contributed by atoms with Crippen LogP contribution in [-0.2, 0) is 23.8 Å². The Kier molecular flexibility index (Phi) is 5.25. The molecule has 1 N–H and O–H groups in total. The van der Waals surface area contributed by atoms with E-state index in [9.17, 15) is 9.59 Å². The molecule has 6 atom stereocenters. The van der Waals surface area contributed by atoms with Crippen LogP contribution in [0.3, 0.4) is 0 Å². The fourth-order valence-corrected chi connectivity index (χ4v) is 2.49. The highest BCUT2D eigenvalue weighted by atomic mass is 16.6. The minimum absolute atomic E-state index is 0.0127. The molecule has 6 nitrogen and oxygen atoms in total. The second kappa shape index (κ2) is 7.59. The highest BCUT2D eigenvalue weighted by molar-refractivity contribution is 5.78. The molecule has 1 aliphatic heterocycles. The van der Waals surface area contributed by atoms with Gasteiger partial charge in [0.15, 0.2) is 6.10 Å². The molecule has 2 unspecified atom stereocenters. The first-order chi connectivity index (χ1) is 10.3. The molecule has 1 amide bonds. The van der Waals surface area contributed by atoms with Crippen LogP contribution in [-0.4, -0.2) is 50.4 Å². The Hall–Kier alpha value is -1.14. The summed E-state index contributed by atoms with van der Waals surface area (Å²) < 4.78 is 29.9. The molecule has 0 spiro atoms. The number of esters is 1. The van der Waals surface area contributed by atoms with Crippen LogP contribution in [0.1, 0.15) is 30.4 Å². The number of hydrogen-bond acceptors (Lipinski definition) is 5. The van der Waals surface area contributed by atoms with Crippen LogP contribution in [0.15, 0.2) is 0 Å². The van der Waals surface area contributed by atoms with Gasteiger partial charge in [0.2, 0.25) is 5.91 Å². The topological polar surface area (TPSA) is 73.9 Å². The summed E-state index contributed by atoms with van der Waals surface area (Å²) in [5.41, 5.74) is 0. The molecule has 1 saturated heterocycles. The van der Waals surface area contributed by atoms with Crippen molar-refractivity contribution < 1.29 is 26.5 Å². The molecule has 0 aromatic carbocycles. The third-order valence-corrected chi connectivity index (χ3v) is 3.78. The molecule has 0 bridgehead atoms. The van der Waals surface area contributed by atoms with Crippen LogP contribution in [0.25, 0.3) is 0 Å². The zero-order valence-corrected chi connectivity index (χ0v) is 12.4. The number of carbonyl (C=O) groups is 2. The Morgan fingerprint density at radius 1 is 1.45 bits per heavy atom. The smallest absolute Gasteiger partial charge is 0.337 e. The monoisotopic (exact) mass is 290 g/mol. The summed E-state index contributed by atoms with van der Waals surface area (Å²) in [6.07, 6.45) is -1.36. The molecular formula is C14H25NO5. The van der Waals surface area contributed by atoms with Crippen molar-refractivity contribution >= 4 is 11.9 Å². The maximum absolute atomic E-state index is 12.1. The van der Waals surface area contributed by atoms with E-state index >= 15 is 0 Å². The van der Waals surface area contributed by atoms with Gasteiger partial charge in [0, 0.05) is 14.0 Å². The lowest BCUT2D eigenvalue weighted by atomic mass is 9.79. The number of carbonyl (C=O) groups excluding carboxylic acids is 2. The summed E-state index contributed by atoms with van der Waals surface area (Å²) in [5, 5.41) is 2.76. The molecule has 0 aliphatic carbocycles. The summed E-state index contributed by atoms with van der Waals surface area (Å²) in [6, 6.07) is -0.481. The number of nitrogens with one attached hydrogen (secondary N) is 1. The third kappa shape index (κ3) is 3.93. The van der Waals surface area contributed by atoms with Crippen LogP contribution < -0.4 is 5.32 Å². The van der Waals surface area contributed by atoms with Crippen molar-refractivity contribution in [3.05, 3.63) is 0 Å². The number of ether oxygens (including phenoxy) is 3. The van der Waals surface area contributed by atoms with E-state index in [0.29, 0.717) is 0 Å². The van der Waals surface area contributed by atoms with Crippen molar-refractivity contribution in [3.8, 4) is 0 Å². The van der Waals surface area contributed by atoms with Gasteiger partial charge in [-0.15, -0.1) is 0 Å². The van der Waals surface area contributed by atoms with Crippen molar-refractivity contribution in [3.63, 3.8) is 0 Å². The van der Waals surface area contributed by atoms with Gasteiger partial charge in [0.05, 0.1) is 28.1 Å². The highest BCUT2D eigenvalue weighted by Crippen LogP contribution is 2.31. The van der Waals surface area contributed by atoms with E-state index in [0.717, 1.165) is 0 Å². The SMILES string of the molecule is [2H]C([3H])OCC1O[C@@H](C(=O)OCC)[C@H](NC(C)=O)[C@@H](C)[C@@H]1C. The van der Waals surface area contributed by atoms with E-state index < -0.39 is 31.3 Å². The van der Waals surface area contributed by atoms with E-state index in [1.807, 2.05) is 13.8 Å². The molecule has 1 rings (SSSR count). The predicted molar refractivity (Wildman–Crippen MR) is 73.1 cm³/mol. The number of hydrogen-bond donors (Lipinski definition) is 1. The van der Waals surface area contributed by atoms with Crippen molar-refractivity contribution in [2.75, 3.05) is 20.3 Å². The zero-order chi connectivity index (χ0) is 16.9.